The molecule has 0 spiro atoms. The van der Waals surface area contributed by atoms with Gasteiger partial charge in [0.2, 0.25) is 5.95 Å². The maximum Gasteiger partial charge on any atom is 0.416 e. The van der Waals surface area contributed by atoms with Crippen molar-refractivity contribution in [2.75, 3.05) is 23.7 Å². The van der Waals surface area contributed by atoms with Crippen molar-refractivity contribution in [1.29, 1.82) is 0 Å². The molecule has 0 unspecified atom stereocenters. The fraction of sp³-hybridized carbons (Fsp3) is 0.538. The van der Waals surface area contributed by atoms with Crippen molar-refractivity contribution in [3.8, 4) is 0 Å². The number of aromatic nitrogens is 4. The average molecular weight is 531 g/mol. The van der Waals surface area contributed by atoms with Gasteiger partial charge in [-0.2, -0.15) is 23.1 Å². The van der Waals surface area contributed by atoms with Crippen LogP contribution in [0.15, 0.2) is 30.6 Å². The fourth-order valence-electron chi connectivity index (χ4n) is 5.27. The van der Waals surface area contributed by atoms with Gasteiger partial charge < -0.3 is 26.3 Å². The Morgan fingerprint density at radius 2 is 1.71 bits per heavy atom. The Balaban J connectivity index is 1.26. The van der Waals surface area contributed by atoms with E-state index < -0.39 is 17.6 Å². The van der Waals surface area contributed by atoms with Crippen molar-refractivity contribution in [1.82, 2.24) is 24.8 Å². The van der Waals surface area contributed by atoms with E-state index in [0.29, 0.717) is 29.9 Å². The highest BCUT2D eigenvalue weighted by Crippen LogP contribution is 2.33. The van der Waals surface area contributed by atoms with Crippen LogP contribution in [-0.2, 0) is 6.18 Å². The fourth-order valence-corrected chi connectivity index (χ4v) is 5.27. The highest BCUT2D eigenvalue weighted by Gasteiger charge is 2.30. The number of benzene rings is 1. The number of carbonyl (C=O) groups excluding carboxylic acids is 1. The molecule has 38 heavy (non-hydrogen) atoms. The van der Waals surface area contributed by atoms with Crippen LogP contribution in [0.4, 0.5) is 24.9 Å². The number of imidazole rings is 1. The number of nitrogens with two attached hydrogens (primary N) is 1. The predicted molar refractivity (Wildman–Crippen MR) is 139 cm³/mol. The minimum atomic E-state index is -4.44. The summed E-state index contributed by atoms with van der Waals surface area (Å²) in [5.41, 5.74) is 6.88. The molecule has 1 aromatic carbocycles. The van der Waals surface area contributed by atoms with E-state index in [-0.39, 0.29) is 24.2 Å². The number of hydrogen-bond acceptors (Lipinski definition) is 7. The van der Waals surface area contributed by atoms with Crippen LogP contribution in [0.1, 0.15) is 73.3 Å². The molecule has 0 aliphatic heterocycles. The number of carbonyl (C=O) groups is 1. The standard InChI is InChI=1S/C26H33F3N8O/c27-26(28,29)17-7-5-16(6-8-17)24(38)32-14-13-31-22-21-23(37(15-33-21)20-3-1-2-4-20)36-25(35-22)34-19-11-9-18(30)10-12-19/h5-8,15,18-20H,1-4,9-14,30H2,(H,32,38)(H2,31,34,35,36)/t18-,19-. The quantitative estimate of drug-likeness (QED) is 0.317. The van der Waals surface area contributed by atoms with E-state index in [2.05, 4.69) is 25.5 Å². The van der Waals surface area contributed by atoms with Crippen LogP contribution in [0.5, 0.6) is 0 Å². The average Bonchev–Trinajstić information content (AvgIpc) is 3.57. The van der Waals surface area contributed by atoms with E-state index in [4.69, 9.17) is 15.7 Å². The number of amides is 1. The van der Waals surface area contributed by atoms with E-state index in [0.717, 1.165) is 56.3 Å². The van der Waals surface area contributed by atoms with Crippen LogP contribution in [0, 0.1) is 0 Å². The van der Waals surface area contributed by atoms with Crippen LogP contribution in [0.25, 0.3) is 11.2 Å². The van der Waals surface area contributed by atoms with Crippen molar-refractivity contribution in [3.05, 3.63) is 41.7 Å². The lowest BCUT2D eigenvalue weighted by atomic mass is 9.92. The minimum Gasteiger partial charge on any atom is -0.366 e. The van der Waals surface area contributed by atoms with Gasteiger partial charge in [0.15, 0.2) is 17.0 Å². The molecule has 12 heteroatoms. The summed E-state index contributed by atoms with van der Waals surface area (Å²) in [5.74, 6) is 0.663. The van der Waals surface area contributed by atoms with E-state index in [9.17, 15) is 18.0 Å². The molecule has 5 rings (SSSR count). The molecule has 204 valence electrons. The van der Waals surface area contributed by atoms with Crippen molar-refractivity contribution < 1.29 is 18.0 Å². The maximum absolute atomic E-state index is 12.8. The summed E-state index contributed by atoms with van der Waals surface area (Å²) in [6, 6.07) is 5.02. The van der Waals surface area contributed by atoms with Gasteiger partial charge in [0.1, 0.15) is 0 Å². The molecule has 0 bridgehead atoms. The number of halogens is 3. The van der Waals surface area contributed by atoms with Crippen molar-refractivity contribution >= 4 is 28.8 Å². The van der Waals surface area contributed by atoms with E-state index in [1.54, 1.807) is 0 Å². The van der Waals surface area contributed by atoms with Gasteiger partial charge in [-0.1, -0.05) is 12.8 Å². The van der Waals surface area contributed by atoms with Crippen molar-refractivity contribution in [2.45, 2.75) is 75.7 Å². The van der Waals surface area contributed by atoms with Crippen LogP contribution >= 0.6 is 0 Å². The Kier molecular flexibility index (Phi) is 7.68. The predicted octanol–water partition coefficient (Wildman–Crippen LogP) is 4.48. The Hall–Kier alpha value is -3.41. The van der Waals surface area contributed by atoms with Gasteiger partial charge in [0, 0.05) is 36.8 Å². The number of fused-ring (bicyclic) bond motifs is 1. The zero-order valence-corrected chi connectivity index (χ0v) is 21.1. The number of nitrogens with one attached hydrogen (secondary N) is 3. The van der Waals surface area contributed by atoms with Crippen LogP contribution in [-0.4, -0.2) is 50.6 Å². The highest BCUT2D eigenvalue weighted by atomic mass is 19.4. The number of hydrogen-bond donors (Lipinski definition) is 4. The molecule has 0 radical (unpaired) electrons. The molecule has 2 aliphatic carbocycles. The molecule has 9 nitrogen and oxygen atoms in total. The third-order valence-electron chi connectivity index (χ3n) is 7.42. The van der Waals surface area contributed by atoms with Gasteiger partial charge in [-0.05, 0) is 62.8 Å². The van der Waals surface area contributed by atoms with E-state index in [1.165, 1.54) is 25.0 Å². The summed E-state index contributed by atoms with van der Waals surface area (Å²) < 4.78 is 40.5. The lowest BCUT2D eigenvalue weighted by Gasteiger charge is -2.27. The number of nitrogens with zero attached hydrogens (tertiary/aromatic N) is 4. The molecule has 0 atom stereocenters. The molecular formula is C26H33F3N8O. The van der Waals surface area contributed by atoms with E-state index in [1.807, 2.05) is 6.33 Å². The summed E-state index contributed by atoms with van der Waals surface area (Å²) in [6.45, 7) is 0.602. The monoisotopic (exact) mass is 530 g/mol. The van der Waals surface area contributed by atoms with Gasteiger partial charge in [-0.25, -0.2) is 4.98 Å². The van der Waals surface area contributed by atoms with Gasteiger partial charge in [-0.15, -0.1) is 0 Å². The van der Waals surface area contributed by atoms with Crippen LogP contribution in [0.3, 0.4) is 0 Å². The summed E-state index contributed by atoms with van der Waals surface area (Å²) in [6.07, 6.45) is 5.80. The molecule has 3 aromatic rings. The molecular weight excluding hydrogens is 497 g/mol. The molecule has 5 N–H and O–H groups in total. The molecule has 0 saturated heterocycles. The van der Waals surface area contributed by atoms with Crippen molar-refractivity contribution in [2.24, 2.45) is 5.73 Å². The molecule has 2 saturated carbocycles. The Morgan fingerprint density at radius 1 is 1.00 bits per heavy atom. The Bertz CT molecular complexity index is 1250. The van der Waals surface area contributed by atoms with Gasteiger partial charge in [-0.3, -0.25) is 4.79 Å². The number of rotatable bonds is 8. The summed E-state index contributed by atoms with van der Waals surface area (Å²) in [7, 11) is 0. The van der Waals surface area contributed by atoms with Gasteiger partial charge >= 0.3 is 6.18 Å². The molecule has 2 aromatic heterocycles. The topological polar surface area (TPSA) is 123 Å². The van der Waals surface area contributed by atoms with Gasteiger partial charge in [0.25, 0.3) is 5.91 Å². The van der Waals surface area contributed by atoms with Crippen molar-refractivity contribution in [3.63, 3.8) is 0 Å². The Labute approximate surface area is 218 Å². The zero-order valence-electron chi connectivity index (χ0n) is 21.1. The lowest BCUT2D eigenvalue weighted by Crippen LogP contribution is -2.33. The number of anilines is 2. The summed E-state index contributed by atoms with van der Waals surface area (Å²) in [4.78, 5) is 26.5. The molecule has 2 fully saturated rings. The highest BCUT2D eigenvalue weighted by molar-refractivity contribution is 5.94. The molecule has 2 aliphatic rings. The van der Waals surface area contributed by atoms with Gasteiger partial charge in [0.05, 0.1) is 11.9 Å². The zero-order chi connectivity index (χ0) is 26.7. The normalized spacial score (nSPS) is 20.5. The van der Waals surface area contributed by atoms with E-state index >= 15 is 0 Å². The summed E-state index contributed by atoms with van der Waals surface area (Å²) in [5, 5.41) is 9.47. The largest absolute Gasteiger partial charge is 0.416 e. The lowest BCUT2D eigenvalue weighted by molar-refractivity contribution is -0.137. The second kappa shape index (κ2) is 11.1. The summed E-state index contributed by atoms with van der Waals surface area (Å²) >= 11 is 0. The second-order valence-electron chi connectivity index (χ2n) is 10.2. The smallest absolute Gasteiger partial charge is 0.366 e. The SMILES string of the molecule is N[C@H]1CC[C@H](Nc2nc(NCCNC(=O)c3ccc(C(F)(F)F)cc3)c3ncn(C4CCCC4)c3n2)CC1. The third-order valence-corrected chi connectivity index (χ3v) is 7.42. The third kappa shape index (κ3) is 6.01. The maximum atomic E-state index is 12.8. The first-order valence-corrected chi connectivity index (χ1v) is 13.2. The number of alkyl halides is 3. The first-order valence-electron chi connectivity index (χ1n) is 13.2. The second-order valence-corrected chi connectivity index (χ2v) is 10.2. The Morgan fingerprint density at radius 3 is 2.39 bits per heavy atom. The minimum absolute atomic E-state index is 0.163. The molecule has 1 amide bonds. The first-order chi connectivity index (χ1) is 18.3. The van der Waals surface area contributed by atoms with Crippen LogP contribution < -0.4 is 21.7 Å². The first kappa shape index (κ1) is 26.2. The van der Waals surface area contributed by atoms with Crippen LogP contribution in [0.2, 0.25) is 0 Å². The molecule has 2 heterocycles.